The van der Waals surface area contributed by atoms with E-state index in [2.05, 4.69) is 26.5 Å². The number of hydrogen-bond donors (Lipinski definition) is 1. The van der Waals surface area contributed by atoms with Gasteiger partial charge in [0.2, 0.25) is 0 Å². The first-order valence-electron chi connectivity index (χ1n) is 10.9. The van der Waals surface area contributed by atoms with Crippen molar-refractivity contribution in [2.24, 2.45) is 10.9 Å². The van der Waals surface area contributed by atoms with Crippen LogP contribution in [0.3, 0.4) is 0 Å². The summed E-state index contributed by atoms with van der Waals surface area (Å²) in [6, 6.07) is -0.740. The predicted molar refractivity (Wildman–Crippen MR) is 133 cm³/mol. The number of carbonyl (C=O) groups is 3. The van der Waals surface area contributed by atoms with Crippen molar-refractivity contribution >= 4 is 44.4 Å². The van der Waals surface area contributed by atoms with Crippen LogP contribution in [0.2, 0.25) is 0 Å². The molecule has 0 aliphatic heterocycles. The second-order valence-corrected chi connectivity index (χ2v) is 13.0. The molecule has 1 aliphatic carbocycles. The van der Waals surface area contributed by atoms with Crippen molar-refractivity contribution in [3.8, 4) is 0 Å². The summed E-state index contributed by atoms with van der Waals surface area (Å²) in [4.78, 5) is 39.4. The number of methoxy groups -OCH3 is 2. The number of esters is 2. The molecule has 12 nitrogen and oxygen atoms in total. The summed E-state index contributed by atoms with van der Waals surface area (Å²) in [5.74, 6) is -2.16. The van der Waals surface area contributed by atoms with Gasteiger partial charge in [0.1, 0.15) is 5.60 Å². The van der Waals surface area contributed by atoms with E-state index in [9.17, 15) is 31.2 Å². The minimum absolute atomic E-state index is 0.139. The molecule has 0 aromatic heterocycles. The maximum Gasteiger partial charge on any atom is 0.408 e. The first-order chi connectivity index (χ1) is 16.5. The predicted octanol–water partition coefficient (Wildman–Crippen LogP) is 1.32. The maximum absolute atomic E-state index is 12.5. The second kappa shape index (κ2) is 12.5. The molecule has 1 fully saturated rings. The highest BCUT2D eigenvalue weighted by molar-refractivity contribution is 7.94. The molecule has 204 valence electrons. The Morgan fingerprint density at radius 3 is 2.33 bits per heavy atom. The molecule has 1 rings (SSSR count). The molecular weight excluding hydrogens is 516 g/mol. The third-order valence-corrected chi connectivity index (χ3v) is 7.42. The van der Waals surface area contributed by atoms with E-state index in [-0.39, 0.29) is 31.4 Å². The molecule has 0 aromatic rings. The number of nitrogens with zero attached hydrogens (tertiary/aromatic N) is 1. The minimum atomic E-state index is -3.63. The summed E-state index contributed by atoms with van der Waals surface area (Å²) >= 11 is 0. The van der Waals surface area contributed by atoms with Gasteiger partial charge in [0.25, 0.3) is 0 Å². The van der Waals surface area contributed by atoms with Gasteiger partial charge in [0.05, 0.1) is 43.9 Å². The Morgan fingerprint density at radius 1 is 1.17 bits per heavy atom. The number of alkyl carbamates (subject to hydrolysis) is 1. The Kier molecular flexibility index (Phi) is 10.8. The molecule has 36 heavy (non-hydrogen) atoms. The van der Waals surface area contributed by atoms with Crippen LogP contribution in [-0.2, 0) is 43.5 Å². The third-order valence-electron chi connectivity index (χ3n) is 5.36. The number of hydrogen-bond acceptors (Lipinski definition) is 11. The van der Waals surface area contributed by atoms with E-state index in [4.69, 9.17) is 4.74 Å². The van der Waals surface area contributed by atoms with E-state index < -0.39 is 60.8 Å². The fourth-order valence-corrected chi connectivity index (χ4v) is 4.86. The molecule has 1 aliphatic rings. The average Bonchev–Trinajstić information content (AvgIpc) is 3.47. The summed E-state index contributed by atoms with van der Waals surface area (Å²) in [6.45, 7) is 6.51. The molecule has 0 aromatic carbocycles. The molecule has 1 N–H and O–H groups in total. The van der Waals surface area contributed by atoms with Gasteiger partial charge < -0.3 is 19.5 Å². The molecule has 1 saturated carbocycles. The largest absolute Gasteiger partial charge is 0.469 e. The van der Waals surface area contributed by atoms with E-state index in [0.717, 1.165) is 17.1 Å². The lowest BCUT2D eigenvalue weighted by Gasteiger charge is -2.26. The van der Waals surface area contributed by atoms with Crippen molar-refractivity contribution in [1.82, 2.24) is 5.32 Å². The summed E-state index contributed by atoms with van der Waals surface area (Å²) in [6.07, 6.45) is 2.90. The zero-order chi connectivity index (χ0) is 27.8. The molecular formula is C22H34N2O10S2. The first kappa shape index (κ1) is 31.3. The lowest BCUT2D eigenvalue weighted by molar-refractivity contribution is -0.142. The highest BCUT2D eigenvalue weighted by Crippen LogP contribution is 2.46. The van der Waals surface area contributed by atoms with Gasteiger partial charge in [-0.25, -0.2) is 21.6 Å². The zero-order valence-electron chi connectivity index (χ0n) is 21.1. The molecule has 0 radical (unpaired) electrons. The summed E-state index contributed by atoms with van der Waals surface area (Å²) < 4.78 is 62.2. The van der Waals surface area contributed by atoms with Crippen LogP contribution in [0, 0.1) is 5.92 Å². The molecule has 14 heteroatoms. The van der Waals surface area contributed by atoms with Crippen LogP contribution < -0.4 is 5.32 Å². The first-order valence-corrected chi connectivity index (χ1v) is 14.6. The lowest BCUT2D eigenvalue weighted by Crippen LogP contribution is -2.43. The second-order valence-electron chi connectivity index (χ2n) is 9.06. The summed E-state index contributed by atoms with van der Waals surface area (Å²) in [5, 5.41) is 4.40. The number of carbonyl (C=O) groups excluding carboxylic acids is 3. The van der Waals surface area contributed by atoms with Gasteiger partial charge >= 0.3 is 18.0 Å². The van der Waals surface area contributed by atoms with Crippen LogP contribution in [0.4, 0.5) is 4.79 Å². The van der Waals surface area contributed by atoms with Gasteiger partial charge in [-0.1, -0.05) is 0 Å². The highest BCUT2D eigenvalue weighted by Gasteiger charge is 2.59. The number of ether oxygens (including phenoxy) is 3. The van der Waals surface area contributed by atoms with E-state index in [0.29, 0.717) is 0 Å². The van der Waals surface area contributed by atoms with Gasteiger partial charge in [0.15, 0.2) is 19.7 Å². The number of sulfone groups is 2. The van der Waals surface area contributed by atoms with E-state index in [1.807, 2.05) is 0 Å². The van der Waals surface area contributed by atoms with Gasteiger partial charge in [-0.15, -0.1) is 0 Å². The van der Waals surface area contributed by atoms with Crippen LogP contribution in [-0.4, -0.2) is 85.0 Å². The monoisotopic (exact) mass is 550 g/mol. The van der Waals surface area contributed by atoms with Gasteiger partial charge in [-0.05, 0) is 52.0 Å². The van der Waals surface area contributed by atoms with Crippen molar-refractivity contribution in [3.63, 3.8) is 0 Å². The molecule has 2 unspecified atom stereocenters. The van der Waals surface area contributed by atoms with Crippen LogP contribution in [0.5, 0.6) is 0 Å². The van der Waals surface area contributed by atoms with Crippen molar-refractivity contribution in [2.75, 3.05) is 26.2 Å². The standard InChI is InChI=1S/C22H34N2O10S2/c1-21(2,9-7-11-36(30,31)12-8-16(23-3)14-18(25)32-4)34-20(27)24-22(10-13-35(6,28)29)15-17(22)19(26)33-5/h8,10,12-13,16-17H,3,7,9,11,14-15H2,1-2,4-6H3,(H,24,27)/b12-8+,13-10+/t16-,17?,22?/m1/s1. The van der Waals surface area contributed by atoms with Crippen molar-refractivity contribution < 1.29 is 45.4 Å². The molecule has 3 atom stereocenters. The Bertz CT molecular complexity index is 1110. The van der Waals surface area contributed by atoms with Crippen molar-refractivity contribution in [3.05, 3.63) is 23.0 Å². The number of amides is 1. The SMILES string of the molecule is C=N[C@H](/C=C/S(=O)(=O)CCCC(C)(C)OC(=O)NC1(/C=C/S(C)(=O)=O)CC1C(=O)OC)CC(=O)OC. The Balaban J connectivity index is 2.71. The Morgan fingerprint density at radius 2 is 1.81 bits per heavy atom. The van der Waals surface area contributed by atoms with E-state index in [1.54, 1.807) is 13.8 Å². The van der Waals surface area contributed by atoms with Gasteiger partial charge in [-0.3, -0.25) is 14.6 Å². The molecule has 0 spiro atoms. The fraction of sp³-hybridized carbons (Fsp3) is 0.636. The van der Waals surface area contributed by atoms with Crippen molar-refractivity contribution in [2.45, 2.75) is 56.7 Å². The van der Waals surface area contributed by atoms with E-state index in [1.165, 1.54) is 26.4 Å². The quantitative estimate of drug-likeness (QED) is 0.189. The third kappa shape index (κ3) is 10.9. The summed E-state index contributed by atoms with van der Waals surface area (Å²) in [5.41, 5.74) is -2.33. The fourth-order valence-electron chi connectivity index (χ4n) is 3.27. The number of rotatable bonds is 14. The average molecular weight is 551 g/mol. The maximum atomic E-state index is 12.5. The molecule has 0 heterocycles. The zero-order valence-corrected chi connectivity index (χ0v) is 22.7. The number of aliphatic imine (C=N–C) groups is 1. The normalized spacial score (nSPS) is 21.1. The van der Waals surface area contributed by atoms with Crippen LogP contribution in [0.25, 0.3) is 0 Å². The molecule has 0 bridgehead atoms. The van der Waals surface area contributed by atoms with Crippen LogP contribution in [0.15, 0.2) is 28.0 Å². The Labute approximate surface area is 212 Å². The smallest absolute Gasteiger partial charge is 0.408 e. The van der Waals surface area contributed by atoms with Gasteiger partial charge in [0, 0.05) is 17.1 Å². The van der Waals surface area contributed by atoms with Crippen LogP contribution in [0.1, 0.15) is 39.5 Å². The number of nitrogens with one attached hydrogen (secondary N) is 1. The van der Waals surface area contributed by atoms with Crippen molar-refractivity contribution in [1.29, 1.82) is 0 Å². The highest BCUT2D eigenvalue weighted by atomic mass is 32.2. The minimum Gasteiger partial charge on any atom is -0.469 e. The lowest BCUT2D eigenvalue weighted by atomic mass is 10.0. The van der Waals surface area contributed by atoms with E-state index >= 15 is 0 Å². The Hall–Kier alpha value is -2.74. The molecule has 0 saturated heterocycles. The molecule has 1 amide bonds. The van der Waals surface area contributed by atoms with Crippen LogP contribution >= 0.6 is 0 Å². The van der Waals surface area contributed by atoms with Gasteiger partial charge in [-0.2, -0.15) is 0 Å². The topological polar surface area (TPSA) is 172 Å². The summed E-state index contributed by atoms with van der Waals surface area (Å²) in [7, 11) is -4.75.